The van der Waals surface area contributed by atoms with Gasteiger partial charge in [0.25, 0.3) is 11.8 Å². The van der Waals surface area contributed by atoms with E-state index in [9.17, 15) is 13.6 Å². The van der Waals surface area contributed by atoms with E-state index in [2.05, 4.69) is 38.9 Å². The van der Waals surface area contributed by atoms with Gasteiger partial charge in [-0.25, -0.2) is 8.78 Å². The number of nitrogens with one attached hydrogen (secondary N) is 1. The number of alkyl halides is 2. The first-order valence-corrected chi connectivity index (χ1v) is 13.0. The van der Waals surface area contributed by atoms with Crippen molar-refractivity contribution in [1.82, 2.24) is 0 Å². The Hall–Kier alpha value is -2.10. The zero-order valence-corrected chi connectivity index (χ0v) is 21.5. The van der Waals surface area contributed by atoms with Gasteiger partial charge in [0.2, 0.25) is 0 Å². The number of hydrogen-bond donors (Lipinski definition) is 1. The van der Waals surface area contributed by atoms with E-state index in [1.165, 1.54) is 25.7 Å². The third-order valence-electron chi connectivity index (χ3n) is 7.60. The summed E-state index contributed by atoms with van der Waals surface area (Å²) in [6.07, 6.45) is 4.70. The molecule has 182 valence electrons. The lowest BCUT2D eigenvalue weighted by molar-refractivity contribution is -0.0221. The minimum Gasteiger partial charge on any atom is -0.495 e. The molecule has 5 nitrogen and oxygen atoms in total. The van der Waals surface area contributed by atoms with Gasteiger partial charge < -0.3 is 19.9 Å². The van der Waals surface area contributed by atoms with Gasteiger partial charge >= 0.3 is 0 Å². The minimum absolute atomic E-state index is 0.167. The number of nitrogens with zero attached hydrogens (tertiary/aromatic N) is 2. The largest absolute Gasteiger partial charge is 0.495 e. The van der Waals surface area contributed by atoms with Crippen LogP contribution in [0.2, 0.25) is 0 Å². The Balaban J connectivity index is 1.35. The maximum Gasteiger partial charge on any atom is 0.257 e. The monoisotopic (exact) mass is 581 g/mol. The summed E-state index contributed by atoms with van der Waals surface area (Å²) in [6.45, 7) is 2.45. The van der Waals surface area contributed by atoms with Crippen LogP contribution in [0, 0.1) is 8.99 Å². The maximum absolute atomic E-state index is 13.7. The summed E-state index contributed by atoms with van der Waals surface area (Å²) in [6, 6.07) is 11.3. The average Bonchev–Trinajstić information content (AvgIpc) is 3.58. The highest BCUT2D eigenvalue weighted by Crippen LogP contribution is 2.54. The number of piperidine rings is 2. The molecule has 3 aliphatic rings. The van der Waals surface area contributed by atoms with Gasteiger partial charge in [-0.2, -0.15) is 0 Å². The van der Waals surface area contributed by atoms with Crippen LogP contribution in [-0.4, -0.2) is 45.1 Å². The van der Waals surface area contributed by atoms with E-state index in [4.69, 9.17) is 4.74 Å². The Morgan fingerprint density at radius 3 is 2.21 bits per heavy atom. The summed E-state index contributed by atoms with van der Waals surface area (Å²) >= 11 is 2.29. The van der Waals surface area contributed by atoms with E-state index < -0.39 is 5.92 Å². The van der Waals surface area contributed by atoms with Gasteiger partial charge in [-0.1, -0.05) is 0 Å². The Labute approximate surface area is 213 Å². The number of methoxy groups -OCH3 is 1. The molecule has 2 saturated heterocycles. The molecule has 3 fully saturated rings. The first-order chi connectivity index (χ1) is 16.3. The van der Waals surface area contributed by atoms with Crippen molar-refractivity contribution in [2.45, 2.75) is 44.4 Å². The second-order valence-corrected chi connectivity index (χ2v) is 11.1. The van der Waals surface area contributed by atoms with Gasteiger partial charge in [-0.3, -0.25) is 4.79 Å². The Kier molecular flexibility index (Phi) is 6.37. The summed E-state index contributed by atoms with van der Waals surface area (Å²) in [7, 11) is 1.57. The van der Waals surface area contributed by atoms with E-state index in [-0.39, 0.29) is 31.8 Å². The zero-order chi connectivity index (χ0) is 23.9. The summed E-state index contributed by atoms with van der Waals surface area (Å²) in [4.78, 5) is 17.6. The van der Waals surface area contributed by atoms with E-state index in [0.29, 0.717) is 22.4 Å². The molecule has 0 unspecified atom stereocenters. The van der Waals surface area contributed by atoms with Crippen molar-refractivity contribution in [3.8, 4) is 5.75 Å². The predicted molar refractivity (Wildman–Crippen MR) is 140 cm³/mol. The normalized spacial score (nSPS) is 20.8. The smallest absolute Gasteiger partial charge is 0.257 e. The molecule has 0 bridgehead atoms. The average molecular weight is 581 g/mol. The maximum atomic E-state index is 13.7. The van der Waals surface area contributed by atoms with Crippen LogP contribution in [0.3, 0.4) is 0 Å². The molecule has 2 aromatic rings. The highest BCUT2D eigenvalue weighted by atomic mass is 127. The van der Waals surface area contributed by atoms with E-state index in [0.717, 1.165) is 28.0 Å². The third-order valence-corrected chi connectivity index (χ3v) is 8.27. The molecule has 0 radical (unpaired) electrons. The molecule has 5 rings (SSSR count). The van der Waals surface area contributed by atoms with Gasteiger partial charge in [0.05, 0.1) is 24.0 Å². The van der Waals surface area contributed by atoms with Crippen molar-refractivity contribution in [3.63, 3.8) is 0 Å². The van der Waals surface area contributed by atoms with Crippen LogP contribution in [0.25, 0.3) is 0 Å². The molecule has 8 heteroatoms. The van der Waals surface area contributed by atoms with Crippen LogP contribution < -0.4 is 19.9 Å². The number of anilines is 3. The van der Waals surface area contributed by atoms with Crippen molar-refractivity contribution in [3.05, 3.63) is 45.5 Å². The molecule has 1 N–H and O–H groups in total. The fraction of sp³-hybridized carbons (Fsp3) is 0.500. The number of carbonyl (C=O) groups excluding carboxylic acids is 1. The fourth-order valence-corrected chi connectivity index (χ4v) is 5.62. The SMILES string of the molecule is COc1ccc(NC(=O)c2ccc(I)cc2N2CCC3(CC2)CC3)cc1N1CCC(F)(F)CC1. The van der Waals surface area contributed by atoms with E-state index in [1.807, 2.05) is 23.1 Å². The molecule has 0 atom stereocenters. The molecule has 1 spiro atoms. The van der Waals surface area contributed by atoms with Crippen molar-refractivity contribution in [2.24, 2.45) is 5.41 Å². The standard InChI is InChI=1S/C26H30F2IN3O2/c1-34-23-5-3-19(17-22(23)32-14-10-26(27,28)11-15-32)30-24(33)20-4-2-18(29)16-21(20)31-12-8-25(6-7-25)9-13-31/h2-5,16-17H,6-15H2,1H3,(H,30,33). The number of halogens is 3. The molecule has 2 aromatic carbocycles. The molecule has 1 amide bonds. The van der Waals surface area contributed by atoms with Crippen LogP contribution >= 0.6 is 22.6 Å². The minimum atomic E-state index is -2.62. The first-order valence-electron chi connectivity index (χ1n) is 11.9. The van der Waals surface area contributed by atoms with Crippen molar-refractivity contribution < 1.29 is 18.3 Å². The first kappa shape index (κ1) is 23.6. The lowest BCUT2D eigenvalue weighted by Crippen LogP contribution is -2.39. The van der Waals surface area contributed by atoms with Crippen molar-refractivity contribution in [1.29, 1.82) is 0 Å². The van der Waals surface area contributed by atoms with E-state index in [1.54, 1.807) is 19.2 Å². The number of rotatable bonds is 5. The molecular formula is C26H30F2IN3O2. The van der Waals surface area contributed by atoms with Crippen LogP contribution in [0.1, 0.15) is 48.9 Å². The van der Waals surface area contributed by atoms with E-state index >= 15 is 0 Å². The number of amides is 1. The van der Waals surface area contributed by atoms with Gasteiger partial charge in [0, 0.05) is 48.3 Å². The second-order valence-electron chi connectivity index (χ2n) is 9.83. The summed E-state index contributed by atoms with van der Waals surface area (Å²) in [5.74, 6) is -2.18. The number of ether oxygens (including phenoxy) is 1. The van der Waals surface area contributed by atoms with Gasteiger partial charge in [-0.05, 0) is 90.1 Å². The molecule has 2 heterocycles. The quantitative estimate of drug-likeness (QED) is 0.430. The zero-order valence-electron chi connectivity index (χ0n) is 19.4. The molecular weight excluding hydrogens is 551 g/mol. The molecule has 0 aromatic heterocycles. The number of benzene rings is 2. The number of hydrogen-bond acceptors (Lipinski definition) is 4. The summed E-state index contributed by atoms with van der Waals surface area (Å²) in [5.41, 5.74) is 3.55. The van der Waals surface area contributed by atoms with Crippen molar-refractivity contribution in [2.75, 3.05) is 48.4 Å². The molecule has 34 heavy (non-hydrogen) atoms. The molecule has 1 saturated carbocycles. The Bertz CT molecular complexity index is 1070. The molecule has 1 aliphatic carbocycles. The fourth-order valence-electron chi connectivity index (χ4n) is 5.15. The van der Waals surface area contributed by atoms with Crippen LogP contribution in [0.5, 0.6) is 5.75 Å². The van der Waals surface area contributed by atoms with Crippen LogP contribution in [0.4, 0.5) is 25.8 Å². The van der Waals surface area contributed by atoms with Crippen LogP contribution in [-0.2, 0) is 0 Å². The van der Waals surface area contributed by atoms with Crippen LogP contribution in [0.15, 0.2) is 36.4 Å². The predicted octanol–water partition coefficient (Wildman–Crippen LogP) is 6.17. The Morgan fingerprint density at radius 2 is 1.56 bits per heavy atom. The summed E-state index contributed by atoms with van der Waals surface area (Å²) < 4.78 is 33.9. The highest BCUT2D eigenvalue weighted by molar-refractivity contribution is 14.1. The number of carbonyl (C=O) groups is 1. The van der Waals surface area contributed by atoms with Gasteiger partial charge in [0.1, 0.15) is 5.75 Å². The van der Waals surface area contributed by atoms with Crippen molar-refractivity contribution >= 4 is 45.6 Å². The van der Waals surface area contributed by atoms with Gasteiger partial charge in [-0.15, -0.1) is 0 Å². The third kappa shape index (κ3) is 4.97. The van der Waals surface area contributed by atoms with Gasteiger partial charge in [0.15, 0.2) is 0 Å². The lowest BCUT2D eigenvalue weighted by Gasteiger charge is -2.35. The lowest BCUT2D eigenvalue weighted by atomic mass is 9.93. The molecule has 2 aliphatic heterocycles. The topological polar surface area (TPSA) is 44.8 Å². The second kappa shape index (κ2) is 9.17. The summed E-state index contributed by atoms with van der Waals surface area (Å²) in [5, 5.41) is 3.03. The Morgan fingerprint density at radius 1 is 0.912 bits per heavy atom. The highest BCUT2D eigenvalue weighted by Gasteiger charge is 2.44.